The van der Waals surface area contributed by atoms with Gasteiger partial charge in [0.15, 0.2) is 0 Å². The Balaban J connectivity index is 3.21. The van der Waals surface area contributed by atoms with Gasteiger partial charge in [0.05, 0.1) is 22.7 Å². The number of hydrogen-bond donors (Lipinski definition) is 1. The maximum absolute atomic E-state index is 11.3. The average Bonchev–Trinajstić information content (AvgIpc) is 2.19. The number of ether oxygens (including phenoxy) is 1. The van der Waals surface area contributed by atoms with E-state index in [2.05, 4.69) is 5.32 Å². The lowest BCUT2D eigenvalue weighted by Crippen LogP contribution is -2.18. The van der Waals surface area contributed by atoms with E-state index in [-0.39, 0.29) is 5.91 Å². The van der Waals surface area contributed by atoms with Crippen LogP contribution >= 0.6 is 23.2 Å². The summed E-state index contributed by atoms with van der Waals surface area (Å²) in [7, 11) is 3.01. The number of benzene rings is 1. The lowest BCUT2D eigenvalue weighted by atomic mass is 10.2. The second kappa shape index (κ2) is 4.53. The van der Waals surface area contributed by atoms with Crippen LogP contribution in [0.5, 0.6) is 5.75 Å². The van der Waals surface area contributed by atoms with Crippen molar-refractivity contribution < 1.29 is 9.53 Å². The zero-order valence-corrected chi connectivity index (χ0v) is 9.24. The van der Waals surface area contributed by atoms with Crippen LogP contribution in [0.1, 0.15) is 10.4 Å². The van der Waals surface area contributed by atoms with Crippen molar-refractivity contribution in [2.24, 2.45) is 0 Å². The molecule has 1 rings (SSSR count). The monoisotopic (exact) mass is 233 g/mol. The fourth-order valence-electron chi connectivity index (χ4n) is 0.994. The highest BCUT2D eigenvalue weighted by Crippen LogP contribution is 2.30. The van der Waals surface area contributed by atoms with Crippen LogP contribution in [0.2, 0.25) is 10.0 Å². The standard InChI is InChI=1S/C9H9Cl2NO2/c1-12-9(13)5-3-7(11)8(14-2)4-6(5)10/h3-4H,1-2H3,(H,12,13). The molecule has 1 aromatic rings. The van der Waals surface area contributed by atoms with Crippen molar-refractivity contribution >= 4 is 29.1 Å². The lowest BCUT2D eigenvalue weighted by Gasteiger charge is -2.07. The number of carbonyl (C=O) groups is 1. The van der Waals surface area contributed by atoms with Gasteiger partial charge in [-0.2, -0.15) is 0 Å². The summed E-state index contributed by atoms with van der Waals surface area (Å²) < 4.78 is 4.95. The summed E-state index contributed by atoms with van der Waals surface area (Å²) in [4.78, 5) is 11.3. The molecule has 0 fully saturated rings. The number of nitrogens with one attached hydrogen (secondary N) is 1. The minimum atomic E-state index is -0.278. The molecule has 0 heterocycles. The van der Waals surface area contributed by atoms with Gasteiger partial charge in [0.25, 0.3) is 5.91 Å². The highest BCUT2D eigenvalue weighted by Gasteiger charge is 2.12. The third-order valence-electron chi connectivity index (χ3n) is 1.71. The Labute approximate surface area is 92.0 Å². The van der Waals surface area contributed by atoms with Gasteiger partial charge in [-0.15, -0.1) is 0 Å². The minimum Gasteiger partial charge on any atom is -0.495 e. The van der Waals surface area contributed by atoms with Crippen LogP contribution < -0.4 is 10.1 Å². The summed E-state index contributed by atoms with van der Waals surface area (Å²) in [5.74, 6) is 0.170. The maximum atomic E-state index is 11.3. The topological polar surface area (TPSA) is 38.3 Å². The smallest absolute Gasteiger partial charge is 0.252 e. The summed E-state index contributed by atoms with van der Waals surface area (Å²) in [6, 6.07) is 2.98. The first-order valence-corrected chi connectivity index (χ1v) is 4.61. The molecule has 14 heavy (non-hydrogen) atoms. The zero-order valence-electron chi connectivity index (χ0n) is 7.73. The van der Waals surface area contributed by atoms with Crippen LogP contribution in [0.15, 0.2) is 12.1 Å². The molecule has 0 bridgehead atoms. The minimum absolute atomic E-state index is 0.278. The molecule has 1 aromatic carbocycles. The number of hydrogen-bond acceptors (Lipinski definition) is 2. The molecule has 0 aliphatic heterocycles. The second-order valence-corrected chi connectivity index (χ2v) is 3.36. The summed E-state index contributed by atoms with van der Waals surface area (Å²) in [6.45, 7) is 0. The van der Waals surface area contributed by atoms with Crippen LogP contribution in [-0.4, -0.2) is 20.1 Å². The van der Waals surface area contributed by atoms with Gasteiger partial charge in [0, 0.05) is 13.1 Å². The molecule has 5 heteroatoms. The molecule has 0 saturated heterocycles. The fourth-order valence-corrected chi connectivity index (χ4v) is 1.47. The van der Waals surface area contributed by atoms with E-state index < -0.39 is 0 Å². The van der Waals surface area contributed by atoms with E-state index in [0.29, 0.717) is 21.4 Å². The van der Waals surface area contributed by atoms with Gasteiger partial charge in [0.1, 0.15) is 5.75 Å². The molecule has 0 unspecified atom stereocenters. The number of carbonyl (C=O) groups excluding carboxylic acids is 1. The molecule has 0 atom stereocenters. The Bertz CT molecular complexity index is 366. The summed E-state index contributed by atoms with van der Waals surface area (Å²) >= 11 is 11.7. The molecule has 76 valence electrons. The molecule has 0 aliphatic rings. The van der Waals surface area contributed by atoms with Gasteiger partial charge >= 0.3 is 0 Å². The third kappa shape index (κ3) is 2.11. The second-order valence-electron chi connectivity index (χ2n) is 2.55. The number of rotatable bonds is 2. The van der Waals surface area contributed by atoms with Gasteiger partial charge in [0.2, 0.25) is 0 Å². The summed E-state index contributed by atoms with van der Waals surface area (Å²) in [5.41, 5.74) is 0.333. The Hall–Kier alpha value is -0.930. The van der Waals surface area contributed by atoms with Gasteiger partial charge in [-0.1, -0.05) is 23.2 Å². The SMILES string of the molecule is CNC(=O)c1cc(Cl)c(OC)cc1Cl. The van der Waals surface area contributed by atoms with Crippen molar-refractivity contribution in [3.05, 3.63) is 27.7 Å². The van der Waals surface area contributed by atoms with Crippen LogP contribution in [-0.2, 0) is 0 Å². The first kappa shape index (κ1) is 11.1. The van der Waals surface area contributed by atoms with Crippen molar-refractivity contribution in [1.29, 1.82) is 0 Å². The van der Waals surface area contributed by atoms with Crippen molar-refractivity contribution in [1.82, 2.24) is 5.32 Å². The highest BCUT2D eigenvalue weighted by atomic mass is 35.5. The largest absolute Gasteiger partial charge is 0.495 e. The van der Waals surface area contributed by atoms with E-state index >= 15 is 0 Å². The number of amides is 1. The first-order valence-electron chi connectivity index (χ1n) is 3.85. The third-order valence-corrected chi connectivity index (χ3v) is 2.32. The van der Waals surface area contributed by atoms with Crippen LogP contribution in [0, 0.1) is 0 Å². The molecular formula is C9H9Cl2NO2. The Morgan fingerprint density at radius 1 is 1.36 bits per heavy atom. The predicted molar refractivity (Wildman–Crippen MR) is 56.4 cm³/mol. The predicted octanol–water partition coefficient (Wildman–Crippen LogP) is 2.36. The Morgan fingerprint density at radius 3 is 2.50 bits per heavy atom. The fraction of sp³-hybridized carbons (Fsp3) is 0.222. The molecule has 0 spiro atoms. The molecule has 0 aliphatic carbocycles. The molecule has 1 amide bonds. The molecular weight excluding hydrogens is 225 g/mol. The van der Waals surface area contributed by atoms with Crippen molar-refractivity contribution in [2.75, 3.05) is 14.2 Å². The first-order chi connectivity index (χ1) is 6.60. The molecule has 1 N–H and O–H groups in total. The van der Waals surface area contributed by atoms with Crippen molar-refractivity contribution in [3.63, 3.8) is 0 Å². The van der Waals surface area contributed by atoms with E-state index in [4.69, 9.17) is 27.9 Å². The number of halogens is 2. The zero-order chi connectivity index (χ0) is 10.7. The number of methoxy groups -OCH3 is 1. The quantitative estimate of drug-likeness (QED) is 0.852. The van der Waals surface area contributed by atoms with E-state index in [1.165, 1.54) is 26.3 Å². The van der Waals surface area contributed by atoms with Crippen LogP contribution in [0.3, 0.4) is 0 Å². The summed E-state index contributed by atoms with van der Waals surface area (Å²) in [6.07, 6.45) is 0. The maximum Gasteiger partial charge on any atom is 0.252 e. The van der Waals surface area contributed by atoms with Gasteiger partial charge < -0.3 is 10.1 Å². The summed E-state index contributed by atoms with van der Waals surface area (Å²) in [5, 5.41) is 3.13. The molecule has 0 radical (unpaired) electrons. The van der Waals surface area contributed by atoms with E-state index in [0.717, 1.165) is 0 Å². The Kier molecular flexibility index (Phi) is 3.61. The normalized spacial score (nSPS) is 9.71. The van der Waals surface area contributed by atoms with E-state index in [1.54, 1.807) is 0 Å². The van der Waals surface area contributed by atoms with Gasteiger partial charge in [-0.3, -0.25) is 4.79 Å². The van der Waals surface area contributed by atoms with Crippen LogP contribution in [0.4, 0.5) is 0 Å². The lowest BCUT2D eigenvalue weighted by molar-refractivity contribution is 0.0963. The average molecular weight is 234 g/mol. The molecule has 3 nitrogen and oxygen atoms in total. The van der Waals surface area contributed by atoms with E-state index in [9.17, 15) is 4.79 Å². The van der Waals surface area contributed by atoms with E-state index in [1.807, 2.05) is 0 Å². The van der Waals surface area contributed by atoms with Crippen molar-refractivity contribution in [3.8, 4) is 5.75 Å². The molecule has 0 saturated carbocycles. The van der Waals surface area contributed by atoms with Crippen molar-refractivity contribution in [2.45, 2.75) is 0 Å². The van der Waals surface area contributed by atoms with Gasteiger partial charge in [-0.05, 0) is 6.07 Å². The molecule has 0 aromatic heterocycles. The highest BCUT2D eigenvalue weighted by molar-refractivity contribution is 6.36. The Morgan fingerprint density at radius 2 is 2.00 bits per heavy atom. The van der Waals surface area contributed by atoms with Gasteiger partial charge in [-0.25, -0.2) is 0 Å². The van der Waals surface area contributed by atoms with Crippen LogP contribution in [0.25, 0.3) is 0 Å².